The fraction of sp³-hybridized carbons (Fsp3) is 0.356. The van der Waals surface area contributed by atoms with Gasteiger partial charge in [-0.15, -0.1) is 0 Å². The smallest absolute Gasteiger partial charge is 0.200 e. The zero-order valence-corrected chi connectivity index (χ0v) is 44.4. The second-order valence-corrected chi connectivity index (χ2v) is 18.3. The molecular weight excluding hydrogens is 1030 g/mol. The van der Waals surface area contributed by atoms with Gasteiger partial charge in [0, 0.05) is 123 Å². The fourth-order valence-corrected chi connectivity index (χ4v) is 10.4. The highest BCUT2D eigenvalue weighted by molar-refractivity contribution is 6.02. The Labute approximate surface area is 456 Å². The highest BCUT2D eigenvalue weighted by atomic mass is 16.5. The van der Waals surface area contributed by atoms with E-state index < -0.39 is 119 Å². The van der Waals surface area contributed by atoms with Gasteiger partial charge in [0.25, 0.3) is 0 Å². The Kier molecular flexibility index (Phi) is 24.2. The number of aliphatic hydroxyl groups is 7. The summed E-state index contributed by atoms with van der Waals surface area (Å²) in [6.45, 7) is -0.979. The van der Waals surface area contributed by atoms with Gasteiger partial charge < -0.3 is 102 Å². The summed E-state index contributed by atoms with van der Waals surface area (Å²) in [6.07, 6.45) is -0.423. The summed E-state index contributed by atoms with van der Waals surface area (Å²) in [6, 6.07) is 24.1. The standard InChI is InChI=1S/C40H48O16.C16H14O.3CH4O/c41-9-1-5-17-21-13-23(31(47)37(53)29(21)45)18(6-2-10-42)25-15-27(35(51)39(55)33(25)49)20(8-4-12-44)28-16-26(34(50)40(56)36(28)52)19(7-3-11-43)24-14-22(17)30(46)38(54)32(24)48;1-17-11-16-14-8-4-2-6-12(14)10-13-7-3-5-9-15(13)16;3*1-2/h13-20,41-56H,1-12H2;2-10H,11H2,1H3;3*2H,1H3. The molecule has 0 saturated carbocycles. The molecule has 1 aliphatic rings. The van der Waals surface area contributed by atoms with Crippen LogP contribution < -0.4 is 0 Å². The van der Waals surface area contributed by atoms with E-state index in [9.17, 15) is 81.7 Å². The lowest BCUT2D eigenvalue weighted by molar-refractivity contribution is 0.187. The van der Waals surface area contributed by atoms with Gasteiger partial charge in [0.15, 0.2) is 46.0 Å². The van der Waals surface area contributed by atoms with Crippen LogP contribution in [0.3, 0.4) is 0 Å². The van der Waals surface area contributed by atoms with Gasteiger partial charge >= 0.3 is 0 Å². The third-order valence-electron chi connectivity index (χ3n) is 14.0. The van der Waals surface area contributed by atoms with Gasteiger partial charge in [0.05, 0.1) is 6.61 Å². The number of hydrogen-bond acceptors (Lipinski definition) is 20. The molecule has 0 atom stereocenters. The summed E-state index contributed by atoms with van der Waals surface area (Å²) in [5.41, 5.74) is -0.173. The Morgan fingerprint density at radius 2 is 0.532 bits per heavy atom. The molecule has 8 bridgehead atoms. The number of aliphatic hydroxyl groups excluding tert-OH is 7. The van der Waals surface area contributed by atoms with Crippen LogP contribution in [0.4, 0.5) is 0 Å². The van der Waals surface area contributed by atoms with E-state index >= 15 is 0 Å². The van der Waals surface area contributed by atoms with Crippen molar-refractivity contribution in [3.63, 3.8) is 0 Å². The largest absolute Gasteiger partial charge is 0.504 e. The van der Waals surface area contributed by atoms with Crippen molar-refractivity contribution in [1.29, 1.82) is 0 Å². The van der Waals surface area contributed by atoms with Crippen molar-refractivity contribution >= 4 is 21.5 Å². The summed E-state index contributed by atoms with van der Waals surface area (Å²) < 4.78 is 5.34. The molecule has 0 amide bonds. The molecule has 0 saturated heterocycles. The zero-order valence-electron chi connectivity index (χ0n) is 44.4. The molecule has 0 aromatic heterocycles. The van der Waals surface area contributed by atoms with Crippen LogP contribution in [0.1, 0.15) is 125 Å². The number of hydrogen-bond donors (Lipinski definition) is 19. The maximum absolute atomic E-state index is 11.4. The van der Waals surface area contributed by atoms with Crippen molar-refractivity contribution in [3.05, 3.63) is 129 Å². The van der Waals surface area contributed by atoms with Gasteiger partial charge in [-0.2, -0.15) is 0 Å². The molecule has 0 fully saturated rings. The summed E-state index contributed by atoms with van der Waals surface area (Å²) >= 11 is 0. The predicted molar refractivity (Wildman–Crippen MR) is 295 cm³/mol. The first-order chi connectivity index (χ1) is 38.1. The van der Waals surface area contributed by atoms with Crippen LogP contribution in [0.15, 0.2) is 78.9 Å². The van der Waals surface area contributed by atoms with E-state index in [4.69, 9.17) is 20.1 Å². The number of ether oxygens (including phenoxy) is 1. The molecule has 20 nitrogen and oxygen atoms in total. The van der Waals surface area contributed by atoms with Gasteiger partial charge in [-0.3, -0.25) is 0 Å². The molecule has 0 radical (unpaired) electrons. The zero-order chi connectivity index (χ0) is 58.8. The molecule has 7 aromatic carbocycles. The third-order valence-corrected chi connectivity index (χ3v) is 14.0. The number of rotatable bonds is 14. The van der Waals surface area contributed by atoms with Crippen LogP contribution in [-0.2, 0) is 11.3 Å². The monoisotopic (exact) mass is 1100 g/mol. The van der Waals surface area contributed by atoms with Gasteiger partial charge in [-0.25, -0.2) is 0 Å². The first-order valence-electron chi connectivity index (χ1n) is 25.3. The van der Waals surface area contributed by atoms with Crippen LogP contribution in [0.25, 0.3) is 21.5 Å². The maximum atomic E-state index is 11.4. The Hall–Kier alpha value is -7.66. The Morgan fingerprint density at radius 3 is 0.734 bits per heavy atom. The van der Waals surface area contributed by atoms with E-state index in [-0.39, 0.29) is 95.9 Å². The minimum absolute atomic E-state index is 0.000561. The van der Waals surface area contributed by atoms with Crippen molar-refractivity contribution in [3.8, 4) is 69.0 Å². The SMILES string of the molecule is CO.CO.CO.COCc1c2ccccc2cc2ccccc12.OCCCC1c2cc(c(O)c(O)c2O)C(CCCO)c2cc(c(O)c(O)c2O)C(CCCO)c2cc(c(O)c(O)c2O)C(CCCO)c2cc1c(O)c(O)c2O. The molecule has 8 rings (SSSR count). The van der Waals surface area contributed by atoms with Crippen LogP contribution >= 0.6 is 0 Å². The Balaban J connectivity index is 0.000000484. The molecule has 79 heavy (non-hydrogen) atoms. The maximum Gasteiger partial charge on any atom is 0.200 e. The first-order valence-corrected chi connectivity index (χ1v) is 25.3. The lowest BCUT2D eigenvalue weighted by atomic mass is 9.76. The third kappa shape index (κ3) is 13.3. The number of benzene rings is 7. The quantitative estimate of drug-likeness (QED) is 0.0383. The van der Waals surface area contributed by atoms with Gasteiger partial charge in [-0.05, 0) is 109 Å². The lowest BCUT2D eigenvalue weighted by Crippen LogP contribution is -2.12. The topological polar surface area (TPSA) is 394 Å². The fourth-order valence-electron chi connectivity index (χ4n) is 10.4. The van der Waals surface area contributed by atoms with E-state index in [1.807, 2.05) is 0 Å². The molecule has 0 spiro atoms. The molecule has 19 N–H and O–H groups in total. The highest BCUT2D eigenvalue weighted by Gasteiger charge is 2.37. The Bertz CT molecular complexity index is 2660. The second-order valence-electron chi connectivity index (χ2n) is 18.3. The first kappa shape index (κ1) is 63.9. The van der Waals surface area contributed by atoms with E-state index in [0.717, 1.165) is 21.3 Å². The molecule has 430 valence electrons. The number of phenols is 12. The van der Waals surface area contributed by atoms with Crippen molar-refractivity contribution in [2.45, 2.75) is 81.6 Å². The van der Waals surface area contributed by atoms with E-state index in [1.54, 1.807) is 7.11 Å². The minimum Gasteiger partial charge on any atom is -0.504 e. The summed E-state index contributed by atoms with van der Waals surface area (Å²) in [5, 5.41) is 202. The normalized spacial score (nSPS) is 15.3. The molecule has 0 heterocycles. The molecule has 1 aliphatic carbocycles. The lowest BCUT2D eigenvalue weighted by Gasteiger charge is -2.30. The van der Waals surface area contributed by atoms with Crippen molar-refractivity contribution in [2.75, 3.05) is 54.9 Å². The van der Waals surface area contributed by atoms with E-state index in [1.165, 1.54) is 51.4 Å². The Morgan fingerprint density at radius 1 is 0.316 bits per heavy atom. The number of methoxy groups -OCH3 is 1. The van der Waals surface area contributed by atoms with Crippen molar-refractivity contribution in [2.24, 2.45) is 0 Å². The summed E-state index contributed by atoms with van der Waals surface area (Å²) in [4.78, 5) is 0. The van der Waals surface area contributed by atoms with Crippen LogP contribution in [-0.4, -0.2) is 152 Å². The number of aromatic hydroxyl groups is 12. The average molecular weight is 1100 g/mol. The number of fused-ring (bicyclic) bond motifs is 10. The molecule has 7 aromatic rings. The van der Waals surface area contributed by atoms with Crippen molar-refractivity contribution in [1.82, 2.24) is 0 Å². The molecule has 20 heteroatoms. The van der Waals surface area contributed by atoms with Gasteiger partial charge in [-0.1, -0.05) is 48.5 Å². The average Bonchev–Trinajstić information content (AvgIpc) is 3.59. The van der Waals surface area contributed by atoms with Crippen LogP contribution in [0, 0.1) is 0 Å². The predicted octanol–water partition coefficient (Wildman–Crippen LogP) is 7.05. The summed E-state index contributed by atoms with van der Waals surface area (Å²) in [7, 11) is 4.75. The van der Waals surface area contributed by atoms with E-state index in [2.05, 4.69) is 54.6 Å². The van der Waals surface area contributed by atoms with Gasteiger partial charge in [0.2, 0.25) is 23.0 Å². The molecular formula is C59H74O20. The van der Waals surface area contributed by atoms with Crippen LogP contribution in [0.2, 0.25) is 0 Å². The van der Waals surface area contributed by atoms with Gasteiger partial charge in [0.1, 0.15) is 0 Å². The number of phenolic OH excluding ortho intramolecular Hbond substituents is 12. The van der Waals surface area contributed by atoms with Crippen LogP contribution in [0.5, 0.6) is 69.0 Å². The molecule has 0 unspecified atom stereocenters. The summed E-state index contributed by atoms with van der Waals surface area (Å²) in [5.74, 6) is -16.2. The second kappa shape index (κ2) is 29.9. The highest BCUT2D eigenvalue weighted by Crippen LogP contribution is 2.59. The van der Waals surface area contributed by atoms with E-state index in [0.29, 0.717) is 6.61 Å². The molecule has 0 aliphatic heterocycles. The van der Waals surface area contributed by atoms with Crippen molar-refractivity contribution < 1.29 is 102 Å². The minimum atomic E-state index is -1.25.